The van der Waals surface area contributed by atoms with Crippen LogP contribution < -0.4 is 16.0 Å². The first kappa shape index (κ1) is 31.6. The van der Waals surface area contributed by atoms with Gasteiger partial charge in [-0.2, -0.15) is 0 Å². The number of carbonyl (C=O) groups is 3. The zero-order valence-corrected chi connectivity index (χ0v) is 24.6. The predicted octanol–water partition coefficient (Wildman–Crippen LogP) is 4.84. The van der Waals surface area contributed by atoms with Gasteiger partial charge in [-0.3, -0.25) is 9.59 Å². The Hall–Kier alpha value is -3.32. The quantitative estimate of drug-likeness (QED) is 0.359. The van der Waals surface area contributed by atoms with Gasteiger partial charge in [0, 0.05) is 29.4 Å². The molecule has 2 aromatic rings. The fourth-order valence-electron chi connectivity index (χ4n) is 5.95. The van der Waals surface area contributed by atoms with E-state index in [0.717, 1.165) is 6.07 Å². The number of sulfone groups is 1. The van der Waals surface area contributed by atoms with E-state index in [9.17, 15) is 36.0 Å². The number of ether oxygens (including phenoxy) is 1. The maximum atomic E-state index is 13.9. The van der Waals surface area contributed by atoms with E-state index in [1.54, 1.807) is 13.8 Å². The largest absolute Gasteiger partial charge is 0.453 e. The van der Waals surface area contributed by atoms with Gasteiger partial charge in [-0.05, 0) is 61.6 Å². The molecule has 3 unspecified atom stereocenters. The van der Waals surface area contributed by atoms with Gasteiger partial charge >= 0.3 is 6.09 Å². The minimum Gasteiger partial charge on any atom is -0.453 e. The first-order chi connectivity index (χ1) is 19.7. The van der Waals surface area contributed by atoms with Gasteiger partial charge in [0.25, 0.3) is 5.91 Å². The van der Waals surface area contributed by atoms with Crippen LogP contribution in [0.1, 0.15) is 49.9 Å². The average molecular weight is 630 g/mol. The van der Waals surface area contributed by atoms with Gasteiger partial charge in [0.1, 0.15) is 6.04 Å². The normalized spacial score (nSPS) is 22.4. The SMILES string of the molecule is COC(=O)N[C@@H](C(=O)NC1CC2CC[C@@H](C1)C2S(=O)(=O)c1cc(C(=O)Nc2cc(F)c(F)c(F)c2)ccc1Cl)C(C)C. The molecule has 0 aromatic heterocycles. The Morgan fingerprint density at radius 3 is 2.14 bits per heavy atom. The molecule has 0 heterocycles. The molecule has 0 spiro atoms. The fraction of sp³-hybridized carbons (Fsp3) is 0.464. The number of hydrogen-bond donors (Lipinski definition) is 3. The maximum absolute atomic E-state index is 13.9. The third-order valence-electron chi connectivity index (χ3n) is 7.87. The molecule has 2 saturated carbocycles. The van der Waals surface area contributed by atoms with E-state index in [2.05, 4.69) is 20.7 Å². The van der Waals surface area contributed by atoms with Gasteiger partial charge < -0.3 is 20.7 Å². The summed E-state index contributed by atoms with van der Waals surface area (Å²) in [7, 11) is -2.84. The van der Waals surface area contributed by atoms with Crippen molar-refractivity contribution in [3.05, 3.63) is 58.4 Å². The maximum Gasteiger partial charge on any atom is 0.407 e. The Morgan fingerprint density at radius 1 is 1.00 bits per heavy atom. The van der Waals surface area contributed by atoms with Crippen molar-refractivity contribution in [1.29, 1.82) is 0 Å². The van der Waals surface area contributed by atoms with E-state index < -0.39 is 50.6 Å². The second-order valence-electron chi connectivity index (χ2n) is 11.0. The van der Waals surface area contributed by atoms with Crippen LogP contribution in [0.5, 0.6) is 0 Å². The summed E-state index contributed by atoms with van der Waals surface area (Å²) in [5.41, 5.74) is -0.482. The van der Waals surface area contributed by atoms with Crippen LogP contribution in [-0.2, 0) is 19.4 Å². The monoisotopic (exact) mass is 629 g/mol. The highest BCUT2D eigenvalue weighted by molar-refractivity contribution is 7.92. The zero-order chi connectivity index (χ0) is 30.9. The molecule has 2 aromatic carbocycles. The first-order valence-corrected chi connectivity index (χ1v) is 15.3. The van der Waals surface area contributed by atoms with Crippen LogP contribution in [0, 0.1) is 35.2 Å². The number of hydrogen-bond acceptors (Lipinski definition) is 6. The van der Waals surface area contributed by atoms with Gasteiger partial charge in [-0.1, -0.05) is 25.4 Å². The van der Waals surface area contributed by atoms with Crippen molar-refractivity contribution in [3.63, 3.8) is 0 Å². The van der Waals surface area contributed by atoms with Gasteiger partial charge in [0.2, 0.25) is 5.91 Å². The number of alkyl carbamates (subject to hydrolysis) is 1. The highest BCUT2D eigenvalue weighted by Gasteiger charge is 2.50. The second kappa shape index (κ2) is 12.5. The lowest BCUT2D eigenvalue weighted by atomic mass is 9.84. The van der Waals surface area contributed by atoms with Crippen molar-refractivity contribution in [3.8, 4) is 0 Å². The standard InChI is InChI=1S/C28H31ClF3N3O6S/c1-13(2)24(35-28(38)41-3)27(37)34-17-8-14-4-5-15(9-17)25(14)42(39,40)22-10-16(6-7-19(22)29)26(36)33-18-11-20(30)23(32)21(31)12-18/h6-7,10-15,17,24-25H,4-5,8-9H2,1-3H3,(H,33,36)(H,34,37)(H,35,38)/t14-,15?,17?,24+,25?/m0/s1. The topological polar surface area (TPSA) is 131 Å². The van der Waals surface area contributed by atoms with E-state index in [1.165, 1.54) is 19.2 Å². The molecular weight excluding hydrogens is 599 g/mol. The zero-order valence-electron chi connectivity index (χ0n) is 23.0. The molecule has 14 heteroatoms. The van der Waals surface area contributed by atoms with Gasteiger partial charge in [0.05, 0.1) is 22.3 Å². The van der Waals surface area contributed by atoms with Crippen LogP contribution in [0.25, 0.3) is 0 Å². The van der Waals surface area contributed by atoms with Crippen molar-refractivity contribution in [2.24, 2.45) is 17.8 Å². The molecule has 2 aliphatic rings. The number of methoxy groups -OCH3 is 1. The first-order valence-electron chi connectivity index (χ1n) is 13.4. The number of anilines is 1. The Balaban J connectivity index is 1.50. The Kier molecular flexibility index (Phi) is 9.41. The summed E-state index contributed by atoms with van der Waals surface area (Å²) in [6.45, 7) is 3.56. The molecule has 3 N–H and O–H groups in total. The van der Waals surface area contributed by atoms with E-state index in [1.807, 2.05) is 0 Å². The van der Waals surface area contributed by atoms with Crippen molar-refractivity contribution >= 4 is 45.0 Å². The molecule has 4 rings (SSSR count). The minimum absolute atomic E-state index is 0.0890. The number of carbonyl (C=O) groups excluding carboxylic acids is 3. The van der Waals surface area contributed by atoms with Crippen LogP contribution >= 0.6 is 11.6 Å². The highest BCUT2D eigenvalue weighted by atomic mass is 35.5. The van der Waals surface area contributed by atoms with E-state index in [0.29, 0.717) is 37.8 Å². The number of amides is 3. The highest BCUT2D eigenvalue weighted by Crippen LogP contribution is 2.48. The summed E-state index contributed by atoms with van der Waals surface area (Å²) in [4.78, 5) is 37.2. The number of halogens is 4. The Bertz CT molecular complexity index is 1470. The molecule has 42 heavy (non-hydrogen) atoms. The molecule has 0 saturated heterocycles. The Labute approximate surface area is 246 Å². The van der Waals surface area contributed by atoms with Crippen molar-refractivity contribution in [2.75, 3.05) is 12.4 Å². The fourth-order valence-corrected chi connectivity index (χ4v) is 8.82. The van der Waals surface area contributed by atoms with Crippen LogP contribution in [-0.4, -0.2) is 50.8 Å². The molecule has 2 aliphatic carbocycles. The predicted molar refractivity (Wildman–Crippen MR) is 148 cm³/mol. The van der Waals surface area contributed by atoms with E-state index in [-0.39, 0.29) is 50.9 Å². The molecular formula is C28H31ClF3N3O6S. The second-order valence-corrected chi connectivity index (χ2v) is 13.5. The molecule has 5 atom stereocenters. The average Bonchev–Trinajstić information content (AvgIpc) is 3.21. The van der Waals surface area contributed by atoms with Crippen molar-refractivity contribution in [2.45, 2.75) is 61.8 Å². The number of fused-ring (bicyclic) bond motifs is 2. The summed E-state index contributed by atoms with van der Waals surface area (Å²) in [5.74, 6) is -6.72. The molecule has 9 nitrogen and oxygen atoms in total. The number of nitrogens with one attached hydrogen (secondary N) is 3. The number of rotatable bonds is 8. The van der Waals surface area contributed by atoms with Gasteiger partial charge in [-0.15, -0.1) is 0 Å². The summed E-state index contributed by atoms with van der Waals surface area (Å²) in [6.07, 6.45) is 1.30. The smallest absolute Gasteiger partial charge is 0.407 e. The third-order valence-corrected chi connectivity index (χ3v) is 10.7. The summed E-state index contributed by atoms with van der Waals surface area (Å²) in [6, 6.07) is 3.72. The molecule has 2 fully saturated rings. The summed E-state index contributed by atoms with van der Waals surface area (Å²) in [5, 5.41) is 6.82. The molecule has 0 aliphatic heterocycles. The van der Waals surface area contributed by atoms with Crippen molar-refractivity contribution in [1.82, 2.24) is 10.6 Å². The Morgan fingerprint density at radius 2 is 1.60 bits per heavy atom. The van der Waals surface area contributed by atoms with Crippen LogP contribution in [0.15, 0.2) is 35.2 Å². The minimum atomic E-state index is -4.05. The lowest BCUT2D eigenvalue weighted by Gasteiger charge is -2.36. The van der Waals surface area contributed by atoms with Crippen molar-refractivity contribution < 1.29 is 40.7 Å². The molecule has 228 valence electrons. The van der Waals surface area contributed by atoms with Crippen LogP contribution in [0.4, 0.5) is 23.7 Å². The van der Waals surface area contributed by atoms with Crippen LogP contribution in [0.2, 0.25) is 5.02 Å². The van der Waals surface area contributed by atoms with Gasteiger partial charge in [0.15, 0.2) is 27.3 Å². The summed E-state index contributed by atoms with van der Waals surface area (Å²) >= 11 is 6.30. The van der Waals surface area contributed by atoms with Gasteiger partial charge in [-0.25, -0.2) is 26.4 Å². The lowest BCUT2D eigenvalue weighted by molar-refractivity contribution is -0.125. The van der Waals surface area contributed by atoms with Crippen LogP contribution in [0.3, 0.4) is 0 Å². The molecule has 2 bridgehead atoms. The third kappa shape index (κ3) is 6.51. The van der Waals surface area contributed by atoms with E-state index in [4.69, 9.17) is 11.6 Å². The number of benzene rings is 2. The molecule has 0 radical (unpaired) electrons. The summed E-state index contributed by atoms with van der Waals surface area (Å²) < 4.78 is 72.9. The molecule has 3 amide bonds. The lowest BCUT2D eigenvalue weighted by Crippen LogP contribution is -2.54. The van der Waals surface area contributed by atoms with E-state index >= 15 is 0 Å².